The highest BCUT2D eigenvalue weighted by molar-refractivity contribution is 5.77. The molecule has 0 radical (unpaired) electrons. The summed E-state index contributed by atoms with van der Waals surface area (Å²) in [5.74, 6) is 0.819. The normalized spacial score (nSPS) is 34.4. The smallest absolute Gasteiger partial charge is 0.223 e. The number of rotatable bonds is 2. The van der Waals surface area contributed by atoms with E-state index in [-0.39, 0.29) is 0 Å². The van der Waals surface area contributed by atoms with Gasteiger partial charge in [-0.1, -0.05) is 12.2 Å². The minimum absolute atomic E-state index is 0.332. The summed E-state index contributed by atoms with van der Waals surface area (Å²) in [4.78, 5) is 14.3. The third-order valence-corrected chi connectivity index (χ3v) is 3.67. The number of hydrogen-bond acceptors (Lipinski definition) is 2. The molecule has 1 N–H and O–H groups in total. The molecule has 90 valence electrons. The standard InChI is InChI=1S/C13H22N2O/c1-10-8-14-9-11(2)15(10)13(16)7-12-5-3-4-6-12/h3,5,10-12,14H,4,6-9H2,1-2H3. The second-order valence-corrected chi connectivity index (χ2v) is 5.13. The molecule has 2 rings (SSSR count). The van der Waals surface area contributed by atoms with Crippen molar-refractivity contribution in [2.75, 3.05) is 13.1 Å². The number of carbonyl (C=O) groups excluding carboxylic acids is 1. The Hall–Kier alpha value is -0.830. The van der Waals surface area contributed by atoms with E-state index in [9.17, 15) is 4.79 Å². The fourth-order valence-electron chi connectivity index (χ4n) is 2.82. The van der Waals surface area contributed by atoms with Gasteiger partial charge in [0.25, 0.3) is 0 Å². The lowest BCUT2D eigenvalue weighted by Crippen LogP contribution is -2.57. The Kier molecular flexibility index (Phi) is 3.64. The first-order valence-corrected chi connectivity index (χ1v) is 6.37. The van der Waals surface area contributed by atoms with Crippen LogP contribution in [0.5, 0.6) is 0 Å². The summed E-state index contributed by atoms with van der Waals surface area (Å²) < 4.78 is 0. The molecule has 0 aromatic rings. The number of piperazine rings is 1. The van der Waals surface area contributed by atoms with E-state index in [0.29, 0.717) is 30.3 Å². The van der Waals surface area contributed by atoms with Crippen molar-refractivity contribution < 1.29 is 4.79 Å². The fraction of sp³-hybridized carbons (Fsp3) is 0.769. The number of hydrogen-bond donors (Lipinski definition) is 1. The van der Waals surface area contributed by atoms with Crippen LogP contribution in [0.15, 0.2) is 12.2 Å². The lowest BCUT2D eigenvalue weighted by Gasteiger charge is -2.40. The van der Waals surface area contributed by atoms with Gasteiger partial charge in [-0.3, -0.25) is 4.79 Å². The van der Waals surface area contributed by atoms with E-state index in [4.69, 9.17) is 0 Å². The van der Waals surface area contributed by atoms with Crippen molar-refractivity contribution in [3.63, 3.8) is 0 Å². The van der Waals surface area contributed by atoms with E-state index < -0.39 is 0 Å². The summed E-state index contributed by atoms with van der Waals surface area (Å²) >= 11 is 0. The van der Waals surface area contributed by atoms with Crippen molar-refractivity contribution in [2.45, 2.75) is 45.2 Å². The van der Waals surface area contributed by atoms with Crippen LogP contribution in [0.4, 0.5) is 0 Å². The van der Waals surface area contributed by atoms with Crippen molar-refractivity contribution in [3.05, 3.63) is 12.2 Å². The average Bonchev–Trinajstić information content (AvgIpc) is 2.70. The van der Waals surface area contributed by atoms with Gasteiger partial charge in [0.05, 0.1) is 0 Å². The molecular formula is C13H22N2O. The Labute approximate surface area is 97.9 Å². The van der Waals surface area contributed by atoms with Gasteiger partial charge in [-0.2, -0.15) is 0 Å². The van der Waals surface area contributed by atoms with Crippen LogP contribution in [0.2, 0.25) is 0 Å². The number of nitrogens with zero attached hydrogens (tertiary/aromatic N) is 1. The molecule has 3 unspecified atom stereocenters. The van der Waals surface area contributed by atoms with E-state index in [1.165, 1.54) is 0 Å². The topological polar surface area (TPSA) is 32.3 Å². The first kappa shape index (κ1) is 11.6. The van der Waals surface area contributed by atoms with E-state index >= 15 is 0 Å². The van der Waals surface area contributed by atoms with E-state index in [2.05, 4.69) is 36.2 Å². The molecule has 0 spiro atoms. The van der Waals surface area contributed by atoms with Crippen LogP contribution in [-0.2, 0) is 4.79 Å². The summed E-state index contributed by atoms with van der Waals surface area (Å²) in [6.07, 6.45) is 7.40. The molecular weight excluding hydrogens is 200 g/mol. The Morgan fingerprint density at radius 3 is 2.62 bits per heavy atom. The minimum atomic E-state index is 0.332. The minimum Gasteiger partial charge on any atom is -0.335 e. The number of carbonyl (C=O) groups is 1. The SMILES string of the molecule is CC1CNCC(C)N1C(=O)CC1C=CCC1. The van der Waals surface area contributed by atoms with Gasteiger partial charge in [-0.15, -0.1) is 0 Å². The zero-order valence-electron chi connectivity index (χ0n) is 10.3. The number of amides is 1. The van der Waals surface area contributed by atoms with Gasteiger partial charge in [0, 0.05) is 31.6 Å². The predicted octanol–water partition coefficient (Wildman–Crippen LogP) is 1.55. The summed E-state index contributed by atoms with van der Waals surface area (Å²) in [6.45, 7) is 6.11. The van der Waals surface area contributed by atoms with Gasteiger partial charge >= 0.3 is 0 Å². The molecule has 1 aliphatic heterocycles. The molecule has 16 heavy (non-hydrogen) atoms. The lowest BCUT2D eigenvalue weighted by molar-refractivity contribution is -0.137. The van der Waals surface area contributed by atoms with Gasteiger partial charge in [-0.25, -0.2) is 0 Å². The molecule has 3 atom stereocenters. The Balaban J connectivity index is 1.93. The second kappa shape index (κ2) is 5.00. The highest BCUT2D eigenvalue weighted by atomic mass is 16.2. The largest absolute Gasteiger partial charge is 0.335 e. The predicted molar refractivity (Wildman–Crippen MR) is 65.1 cm³/mol. The fourth-order valence-corrected chi connectivity index (χ4v) is 2.82. The zero-order chi connectivity index (χ0) is 11.5. The molecule has 1 amide bonds. The Morgan fingerprint density at radius 1 is 1.38 bits per heavy atom. The summed E-state index contributed by atoms with van der Waals surface area (Å²) in [5.41, 5.74) is 0. The first-order valence-electron chi connectivity index (χ1n) is 6.37. The van der Waals surface area contributed by atoms with Gasteiger partial charge in [-0.05, 0) is 32.6 Å². The molecule has 0 aromatic carbocycles. The molecule has 3 nitrogen and oxygen atoms in total. The molecule has 1 heterocycles. The molecule has 1 fully saturated rings. The van der Waals surface area contributed by atoms with Crippen LogP contribution in [0, 0.1) is 5.92 Å². The van der Waals surface area contributed by atoms with Gasteiger partial charge in [0.15, 0.2) is 0 Å². The maximum absolute atomic E-state index is 12.2. The lowest BCUT2D eigenvalue weighted by atomic mass is 10.0. The third-order valence-electron chi connectivity index (χ3n) is 3.67. The van der Waals surface area contributed by atoms with Crippen LogP contribution in [0.3, 0.4) is 0 Å². The van der Waals surface area contributed by atoms with E-state index in [1.807, 2.05) is 0 Å². The van der Waals surface area contributed by atoms with Crippen molar-refractivity contribution in [3.8, 4) is 0 Å². The van der Waals surface area contributed by atoms with Crippen molar-refractivity contribution >= 4 is 5.91 Å². The van der Waals surface area contributed by atoms with Gasteiger partial charge in [0.2, 0.25) is 5.91 Å². The summed E-state index contributed by atoms with van der Waals surface area (Å²) in [6, 6.07) is 0.670. The molecule has 3 heteroatoms. The quantitative estimate of drug-likeness (QED) is 0.719. The van der Waals surface area contributed by atoms with Crippen molar-refractivity contribution in [1.29, 1.82) is 0 Å². The Bertz CT molecular complexity index is 278. The van der Waals surface area contributed by atoms with Crippen LogP contribution in [0.1, 0.15) is 33.1 Å². The van der Waals surface area contributed by atoms with Gasteiger partial charge < -0.3 is 10.2 Å². The maximum atomic E-state index is 12.2. The molecule has 0 bridgehead atoms. The molecule has 2 aliphatic rings. The highest BCUT2D eigenvalue weighted by Gasteiger charge is 2.29. The third kappa shape index (κ3) is 2.46. The van der Waals surface area contributed by atoms with Crippen LogP contribution in [0.25, 0.3) is 0 Å². The first-order chi connectivity index (χ1) is 7.68. The van der Waals surface area contributed by atoms with E-state index in [0.717, 1.165) is 25.9 Å². The molecule has 1 saturated heterocycles. The number of allylic oxidation sites excluding steroid dienone is 2. The van der Waals surface area contributed by atoms with Crippen LogP contribution < -0.4 is 5.32 Å². The zero-order valence-corrected chi connectivity index (χ0v) is 10.3. The Morgan fingerprint density at radius 2 is 2.06 bits per heavy atom. The van der Waals surface area contributed by atoms with Crippen LogP contribution in [-0.4, -0.2) is 36.0 Å². The maximum Gasteiger partial charge on any atom is 0.223 e. The molecule has 0 aromatic heterocycles. The van der Waals surface area contributed by atoms with Crippen molar-refractivity contribution in [1.82, 2.24) is 10.2 Å². The summed E-state index contributed by atoms with van der Waals surface area (Å²) in [5, 5.41) is 3.35. The van der Waals surface area contributed by atoms with Crippen LogP contribution >= 0.6 is 0 Å². The molecule has 0 saturated carbocycles. The van der Waals surface area contributed by atoms with Crippen molar-refractivity contribution in [2.24, 2.45) is 5.92 Å². The van der Waals surface area contributed by atoms with Gasteiger partial charge in [0.1, 0.15) is 0 Å². The van der Waals surface area contributed by atoms with E-state index in [1.54, 1.807) is 0 Å². The molecule has 1 aliphatic carbocycles. The monoisotopic (exact) mass is 222 g/mol. The second-order valence-electron chi connectivity index (χ2n) is 5.13. The average molecular weight is 222 g/mol. The number of nitrogens with one attached hydrogen (secondary N) is 1. The summed E-state index contributed by atoms with van der Waals surface area (Å²) in [7, 11) is 0. The highest BCUT2D eigenvalue weighted by Crippen LogP contribution is 2.23.